The second-order valence-electron chi connectivity index (χ2n) is 2.85. The van der Waals surface area contributed by atoms with Gasteiger partial charge in [-0.15, -0.1) is 0 Å². The lowest BCUT2D eigenvalue weighted by Gasteiger charge is -2.11. The third-order valence-corrected chi connectivity index (χ3v) is 2.71. The predicted octanol–water partition coefficient (Wildman–Crippen LogP) is 0.565. The van der Waals surface area contributed by atoms with Crippen LogP contribution < -0.4 is 10.6 Å². The summed E-state index contributed by atoms with van der Waals surface area (Å²) in [7, 11) is 0. The van der Waals surface area contributed by atoms with E-state index in [0.29, 0.717) is 5.75 Å². The largest absolute Gasteiger partial charge is 0.340 e. The van der Waals surface area contributed by atoms with Crippen molar-refractivity contribution in [2.24, 2.45) is 0 Å². The Kier molecular flexibility index (Phi) is 4.46. The second kappa shape index (κ2) is 5.43. The van der Waals surface area contributed by atoms with Crippen molar-refractivity contribution >= 4 is 17.7 Å². The van der Waals surface area contributed by atoms with Crippen molar-refractivity contribution in [3.8, 4) is 0 Å². The molecule has 3 nitrogen and oxygen atoms in total. The van der Waals surface area contributed by atoms with Gasteiger partial charge in [0, 0.05) is 0 Å². The molecule has 1 amide bonds. The number of amides is 1. The van der Waals surface area contributed by atoms with Crippen molar-refractivity contribution < 1.29 is 4.79 Å². The number of thioether (sulfide) groups is 1. The lowest BCUT2D eigenvalue weighted by atomic mass is 10.3. The number of nitrogens with one attached hydrogen (secondary N) is 2. The van der Waals surface area contributed by atoms with Crippen molar-refractivity contribution in [2.75, 3.05) is 18.1 Å². The predicted molar refractivity (Wildman–Crippen MR) is 52.2 cm³/mol. The van der Waals surface area contributed by atoms with Crippen LogP contribution in [0.3, 0.4) is 0 Å². The Balaban J connectivity index is 2.08. The third kappa shape index (κ3) is 3.45. The second-order valence-corrected chi connectivity index (χ2v) is 4.13. The Hall–Kier alpha value is -0.220. The van der Waals surface area contributed by atoms with E-state index >= 15 is 0 Å². The summed E-state index contributed by atoms with van der Waals surface area (Å²) >= 11 is 1.66. The molecule has 0 aromatic heterocycles. The molecule has 70 valence electrons. The SMILES string of the molecule is CCSCC(=O)NC1CCCN1. The molecular formula is C8H16N2OS. The van der Waals surface area contributed by atoms with Crippen LogP contribution in [0.25, 0.3) is 0 Å². The molecule has 1 aliphatic heterocycles. The Morgan fingerprint density at radius 2 is 2.58 bits per heavy atom. The fraction of sp³-hybridized carbons (Fsp3) is 0.875. The summed E-state index contributed by atoms with van der Waals surface area (Å²) in [5, 5.41) is 6.17. The van der Waals surface area contributed by atoms with Crippen LogP contribution in [0, 0.1) is 0 Å². The van der Waals surface area contributed by atoms with Gasteiger partial charge in [-0.3, -0.25) is 10.1 Å². The molecule has 0 aromatic carbocycles. The summed E-state index contributed by atoms with van der Waals surface area (Å²) in [6, 6.07) is 0. The molecule has 1 saturated heterocycles. The molecule has 0 radical (unpaired) electrons. The van der Waals surface area contributed by atoms with E-state index in [4.69, 9.17) is 0 Å². The van der Waals surface area contributed by atoms with E-state index in [-0.39, 0.29) is 12.1 Å². The zero-order valence-corrected chi connectivity index (χ0v) is 8.25. The number of carbonyl (C=O) groups is 1. The molecular weight excluding hydrogens is 172 g/mol. The molecule has 1 fully saturated rings. The first kappa shape index (κ1) is 9.86. The first-order valence-electron chi connectivity index (χ1n) is 4.43. The zero-order chi connectivity index (χ0) is 8.81. The van der Waals surface area contributed by atoms with E-state index in [1.807, 2.05) is 0 Å². The topological polar surface area (TPSA) is 41.1 Å². The molecule has 0 spiro atoms. The maximum Gasteiger partial charge on any atom is 0.231 e. The average Bonchev–Trinajstić information content (AvgIpc) is 2.53. The van der Waals surface area contributed by atoms with E-state index in [2.05, 4.69) is 17.6 Å². The first-order chi connectivity index (χ1) is 5.83. The lowest BCUT2D eigenvalue weighted by molar-refractivity contribution is -0.119. The van der Waals surface area contributed by atoms with Crippen molar-refractivity contribution in [3.05, 3.63) is 0 Å². The van der Waals surface area contributed by atoms with Crippen LogP contribution >= 0.6 is 11.8 Å². The highest BCUT2D eigenvalue weighted by molar-refractivity contribution is 7.99. The monoisotopic (exact) mass is 188 g/mol. The molecule has 1 unspecified atom stereocenters. The van der Waals surface area contributed by atoms with Crippen LogP contribution in [-0.2, 0) is 4.79 Å². The Morgan fingerprint density at radius 3 is 3.17 bits per heavy atom. The van der Waals surface area contributed by atoms with Gasteiger partial charge in [-0.2, -0.15) is 11.8 Å². The highest BCUT2D eigenvalue weighted by Gasteiger charge is 2.15. The molecule has 4 heteroatoms. The highest BCUT2D eigenvalue weighted by atomic mass is 32.2. The van der Waals surface area contributed by atoms with E-state index < -0.39 is 0 Å². The molecule has 12 heavy (non-hydrogen) atoms. The van der Waals surface area contributed by atoms with E-state index in [9.17, 15) is 4.79 Å². The Bertz CT molecular complexity index is 146. The summed E-state index contributed by atoms with van der Waals surface area (Å²) in [5.41, 5.74) is 0. The van der Waals surface area contributed by atoms with E-state index in [1.54, 1.807) is 11.8 Å². The molecule has 1 aliphatic rings. The minimum Gasteiger partial charge on any atom is -0.340 e. The van der Waals surface area contributed by atoms with Crippen LogP contribution in [0.1, 0.15) is 19.8 Å². The maximum absolute atomic E-state index is 11.2. The molecule has 0 saturated carbocycles. The molecule has 0 bridgehead atoms. The van der Waals surface area contributed by atoms with Gasteiger partial charge in [0.15, 0.2) is 0 Å². The van der Waals surface area contributed by atoms with Gasteiger partial charge in [0.2, 0.25) is 5.91 Å². The van der Waals surface area contributed by atoms with Crippen molar-refractivity contribution in [1.29, 1.82) is 0 Å². The smallest absolute Gasteiger partial charge is 0.231 e. The van der Waals surface area contributed by atoms with Crippen molar-refractivity contribution in [2.45, 2.75) is 25.9 Å². The summed E-state index contributed by atoms with van der Waals surface area (Å²) < 4.78 is 0. The van der Waals surface area contributed by atoms with Gasteiger partial charge in [-0.1, -0.05) is 6.92 Å². The van der Waals surface area contributed by atoms with Crippen LogP contribution in [0.2, 0.25) is 0 Å². The van der Waals surface area contributed by atoms with Crippen molar-refractivity contribution in [3.63, 3.8) is 0 Å². The maximum atomic E-state index is 11.2. The highest BCUT2D eigenvalue weighted by Crippen LogP contribution is 2.02. The molecule has 1 rings (SSSR count). The van der Waals surface area contributed by atoms with Crippen LogP contribution in [-0.4, -0.2) is 30.1 Å². The standard InChI is InChI=1S/C8H16N2OS/c1-2-12-6-8(11)10-7-4-3-5-9-7/h7,9H,2-6H2,1H3,(H,10,11). The molecule has 1 atom stereocenters. The number of rotatable bonds is 4. The first-order valence-corrected chi connectivity index (χ1v) is 5.59. The summed E-state index contributed by atoms with van der Waals surface area (Å²) in [6.07, 6.45) is 2.48. The van der Waals surface area contributed by atoms with Gasteiger partial charge in [0.25, 0.3) is 0 Å². The zero-order valence-electron chi connectivity index (χ0n) is 7.43. The van der Waals surface area contributed by atoms with Crippen LogP contribution in [0.4, 0.5) is 0 Å². The van der Waals surface area contributed by atoms with Crippen LogP contribution in [0.5, 0.6) is 0 Å². The summed E-state index contributed by atoms with van der Waals surface area (Å²) in [5.74, 6) is 1.75. The Morgan fingerprint density at radius 1 is 1.75 bits per heavy atom. The van der Waals surface area contributed by atoms with Crippen LogP contribution in [0.15, 0.2) is 0 Å². The lowest BCUT2D eigenvalue weighted by Crippen LogP contribution is -2.42. The van der Waals surface area contributed by atoms with Gasteiger partial charge >= 0.3 is 0 Å². The van der Waals surface area contributed by atoms with Gasteiger partial charge < -0.3 is 5.32 Å². The third-order valence-electron chi connectivity index (χ3n) is 1.83. The quantitative estimate of drug-likeness (QED) is 0.677. The minimum absolute atomic E-state index is 0.154. The van der Waals surface area contributed by atoms with Crippen molar-refractivity contribution in [1.82, 2.24) is 10.6 Å². The summed E-state index contributed by atoms with van der Waals surface area (Å²) in [6.45, 7) is 3.09. The number of hydrogen-bond donors (Lipinski definition) is 2. The normalized spacial score (nSPS) is 22.6. The van der Waals surface area contributed by atoms with Gasteiger partial charge in [0.1, 0.15) is 0 Å². The molecule has 1 heterocycles. The Labute approximate surface area is 77.7 Å². The molecule has 0 aromatic rings. The summed E-state index contributed by atoms with van der Waals surface area (Å²) in [4.78, 5) is 11.2. The number of carbonyl (C=O) groups excluding carboxylic acids is 1. The van der Waals surface area contributed by atoms with Gasteiger partial charge in [-0.25, -0.2) is 0 Å². The minimum atomic E-state index is 0.154. The fourth-order valence-corrected chi connectivity index (χ4v) is 1.71. The number of hydrogen-bond acceptors (Lipinski definition) is 3. The molecule has 0 aliphatic carbocycles. The van der Waals surface area contributed by atoms with Gasteiger partial charge in [0.05, 0.1) is 11.9 Å². The van der Waals surface area contributed by atoms with E-state index in [0.717, 1.165) is 18.7 Å². The van der Waals surface area contributed by atoms with E-state index in [1.165, 1.54) is 6.42 Å². The van der Waals surface area contributed by atoms with Gasteiger partial charge in [-0.05, 0) is 25.1 Å². The fourth-order valence-electron chi connectivity index (χ4n) is 1.24. The molecule has 2 N–H and O–H groups in total. The average molecular weight is 188 g/mol.